The van der Waals surface area contributed by atoms with Crippen molar-refractivity contribution in [2.45, 2.75) is 5.92 Å². The molecule has 0 saturated heterocycles. The number of hydrogen-bond donors (Lipinski definition) is 0. The van der Waals surface area contributed by atoms with Crippen LogP contribution in [0.2, 0.25) is 0 Å². The standard InChI is InChI=1S/C44H27NO/c1-2-12-30-26(9-1)19-22-39-44(30)38-25-42-37(33-15-5-6-18-41(33)46-42)24-40(38)45(39)28-11-7-10-27(23-28)29-20-21-36-32-14-4-3-13-31(32)35-17-8-16-34(29)43(35)36/h1-26,30H. The summed E-state index contributed by atoms with van der Waals surface area (Å²) < 4.78 is 8.89. The molecule has 0 fully saturated rings. The van der Waals surface area contributed by atoms with E-state index in [2.05, 4.69) is 150 Å². The number of nitrogens with zero attached hydrogens (tertiary/aromatic N) is 1. The maximum absolute atomic E-state index is 6.41. The molecule has 214 valence electrons. The van der Waals surface area contributed by atoms with Gasteiger partial charge in [-0.2, -0.15) is 0 Å². The van der Waals surface area contributed by atoms with Crippen molar-refractivity contribution in [3.63, 3.8) is 0 Å². The molecule has 3 aliphatic rings. The fourth-order valence-corrected chi connectivity index (χ4v) is 8.51. The number of allylic oxidation sites excluding steroid dienone is 5. The van der Waals surface area contributed by atoms with E-state index in [1.165, 1.54) is 72.0 Å². The Morgan fingerprint density at radius 2 is 1.28 bits per heavy atom. The molecule has 2 unspecified atom stereocenters. The van der Waals surface area contributed by atoms with Gasteiger partial charge in [0.25, 0.3) is 0 Å². The van der Waals surface area contributed by atoms with Crippen molar-refractivity contribution in [3.8, 4) is 39.1 Å². The minimum absolute atomic E-state index is 0.289. The Morgan fingerprint density at radius 1 is 0.522 bits per heavy atom. The van der Waals surface area contributed by atoms with Crippen molar-refractivity contribution in [3.05, 3.63) is 157 Å². The van der Waals surface area contributed by atoms with Crippen LogP contribution in [0.3, 0.4) is 0 Å². The van der Waals surface area contributed by atoms with Crippen molar-refractivity contribution in [2.75, 3.05) is 0 Å². The first-order chi connectivity index (χ1) is 22.8. The highest BCUT2D eigenvalue weighted by atomic mass is 16.3. The smallest absolute Gasteiger partial charge is 0.136 e. The van der Waals surface area contributed by atoms with Crippen molar-refractivity contribution in [2.24, 2.45) is 5.92 Å². The van der Waals surface area contributed by atoms with Gasteiger partial charge in [-0.05, 0) is 86.1 Å². The first-order valence-corrected chi connectivity index (χ1v) is 16.1. The van der Waals surface area contributed by atoms with Gasteiger partial charge < -0.3 is 8.98 Å². The van der Waals surface area contributed by atoms with E-state index in [9.17, 15) is 0 Å². The van der Waals surface area contributed by atoms with Crippen LogP contribution in [0.5, 0.6) is 0 Å². The largest absolute Gasteiger partial charge is 0.456 e. The van der Waals surface area contributed by atoms with Gasteiger partial charge in [0.05, 0.1) is 11.2 Å². The zero-order valence-electron chi connectivity index (χ0n) is 24.9. The molecular weight excluding hydrogens is 558 g/mol. The number of rotatable bonds is 2. The molecule has 0 bridgehead atoms. The molecule has 2 heterocycles. The molecule has 6 aromatic carbocycles. The number of benzene rings is 6. The SMILES string of the molecule is C1=CC2C=Cc3c(c4cc5oc6ccccc6c5cc4n3-c3cccc(-c4ccc5c6c(cccc46)-c4ccccc4-5)c3)C2C=C1. The molecule has 2 atom stereocenters. The summed E-state index contributed by atoms with van der Waals surface area (Å²) in [5.74, 6) is 0.642. The topological polar surface area (TPSA) is 18.1 Å². The molecular formula is C44H27NO. The Hall–Kier alpha value is -5.86. The van der Waals surface area contributed by atoms with Gasteiger partial charge in [-0.25, -0.2) is 0 Å². The maximum Gasteiger partial charge on any atom is 0.136 e. The van der Waals surface area contributed by atoms with Crippen LogP contribution in [0.25, 0.3) is 88.8 Å². The van der Waals surface area contributed by atoms with Crippen LogP contribution >= 0.6 is 0 Å². The van der Waals surface area contributed by atoms with Crippen LogP contribution in [-0.4, -0.2) is 4.57 Å². The van der Waals surface area contributed by atoms with Crippen molar-refractivity contribution < 1.29 is 4.42 Å². The first-order valence-electron chi connectivity index (χ1n) is 16.1. The number of fused-ring (bicyclic) bond motifs is 11. The normalized spacial score (nSPS) is 17.3. The highest BCUT2D eigenvalue weighted by Gasteiger charge is 2.31. The summed E-state index contributed by atoms with van der Waals surface area (Å²) in [5, 5.41) is 6.23. The van der Waals surface area contributed by atoms with E-state index in [1.807, 2.05) is 6.07 Å². The monoisotopic (exact) mass is 585 g/mol. The summed E-state index contributed by atoms with van der Waals surface area (Å²) in [5.41, 5.74) is 14.7. The zero-order valence-corrected chi connectivity index (χ0v) is 24.9. The zero-order chi connectivity index (χ0) is 29.9. The summed E-state index contributed by atoms with van der Waals surface area (Å²) in [6.45, 7) is 0. The van der Waals surface area contributed by atoms with E-state index in [4.69, 9.17) is 4.42 Å². The molecule has 2 aromatic heterocycles. The van der Waals surface area contributed by atoms with Gasteiger partial charge in [0, 0.05) is 33.7 Å². The minimum atomic E-state index is 0.289. The molecule has 0 N–H and O–H groups in total. The van der Waals surface area contributed by atoms with Crippen molar-refractivity contribution >= 4 is 49.7 Å². The Bertz CT molecular complexity index is 2680. The summed E-state index contributed by atoms with van der Waals surface area (Å²) in [6.07, 6.45) is 13.8. The second-order valence-corrected chi connectivity index (χ2v) is 12.8. The molecule has 0 radical (unpaired) electrons. The third-order valence-electron chi connectivity index (χ3n) is 10.5. The maximum atomic E-state index is 6.41. The van der Waals surface area contributed by atoms with E-state index < -0.39 is 0 Å². The molecule has 0 spiro atoms. The second kappa shape index (κ2) is 8.87. The van der Waals surface area contributed by atoms with E-state index in [0.717, 1.165) is 21.9 Å². The van der Waals surface area contributed by atoms with Gasteiger partial charge in [0.2, 0.25) is 0 Å². The lowest BCUT2D eigenvalue weighted by molar-refractivity contribution is 0.669. The lowest BCUT2D eigenvalue weighted by atomic mass is 9.78. The van der Waals surface area contributed by atoms with Crippen molar-refractivity contribution in [1.29, 1.82) is 0 Å². The van der Waals surface area contributed by atoms with Gasteiger partial charge >= 0.3 is 0 Å². The van der Waals surface area contributed by atoms with Crippen LogP contribution in [0.4, 0.5) is 0 Å². The quantitative estimate of drug-likeness (QED) is 0.197. The highest BCUT2D eigenvalue weighted by molar-refractivity contribution is 6.18. The molecule has 0 aliphatic heterocycles. The average Bonchev–Trinajstić information content (AvgIpc) is 3.76. The van der Waals surface area contributed by atoms with Crippen LogP contribution in [0.1, 0.15) is 17.2 Å². The Kier molecular flexibility index (Phi) is 4.71. The molecule has 0 amide bonds. The molecule has 3 aliphatic carbocycles. The number of hydrogen-bond acceptors (Lipinski definition) is 1. The van der Waals surface area contributed by atoms with Gasteiger partial charge in [-0.1, -0.05) is 115 Å². The minimum Gasteiger partial charge on any atom is -0.456 e. The summed E-state index contributed by atoms with van der Waals surface area (Å²) in [6, 6.07) is 42.3. The van der Waals surface area contributed by atoms with Crippen molar-refractivity contribution in [1.82, 2.24) is 4.57 Å². The molecule has 2 heteroatoms. The number of furan rings is 1. The van der Waals surface area contributed by atoms with Crippen LogP contribution in [0.15, 0.2) is 150 Å². The first kappa shape index (κ1) is 24.5. The van der Waals surface area contributed by atoms with Gasteiger partial charge in [-0.3, -0.25) is 0 Å². The Morgan fingerprint density at radius 3 is 2.22 bits per heavy atom. The van der Waals surface area contributed by atoms with E-state index in [0.29, 0.717) is 5.92 Å². The summed E-state index contributed by atoms with van der Waals surface area (Å²) in [4.78, 5) is 0. The third-order valence-corrected chi connectivity index (χ3v) is 10.5. The molecule has 46 heavy (non-hydrogen) atoms. The average molecular weight is 586 g/mol. The van der Waals surface area contributed by atoms with Crippen LogP contribution in [0, 0.1) is 5.92 Å². The summed E-state index contributed by atoms with van der Waals surface area (Å²) in [7, 11) is 0. The lowest BCUT2D eigenvalue weighted by Gasteiger charge is -2.26. The Balaban J connectivity index is 1.17. The lowest BCUT2D eigenvalue weighted by Crippen LogP contribution is -2.13. The highest BCUT2D eigenvalue weighted by Crippen LogP contribution is 2.50. The number of aromatic nitrogens is 1. The van der Waals surface area contributed by atoms with Gasteiger partial charge in [0.15, 0.2) is 0 Å². The molecule has 0 saturated carbocycles. The van der Waals surface area contributed by atoms with Crippen LogP contribution in [-0.2, 0) is 0 Å². The molecule has 11 rings (SSSR count). The van der Waals surface area contributed by atoms with Crippen LogP contribution < -0.4 is 0 Å². The van der Waals surface area contributed by atoms with Gasteiger partial charge in [0.1, 0.15) is 11.2 Å². The fourth-order valence-electron chi connectivity index (χ4n) is 8.51. The van der Waals surface area contributed by atoms with E-state index >= 15 is 0 Å². The van der Waals surface area contributed by atoms with E-state index in [1.54, 1.807) is 0 Å². The fraction of sp³-hybridized carbons (Fsp3) is 0.0455. The molecule has 2 nitrogen and oxygen atoms in total. The predicted octanol–water partition coefficient (Wildman–Crippen LogP) is 11.9. The predicted molar refractivity (Wildman–Crippen MR) is 191 cm³/mol. The second-order valence-electron chi connectivity index (χ2n) is 12.8. The third kappa shape index (κ3) is 3.15. The summed E-state index contributed by atoms with van der Waals surface area (Å²) >= 11 is 0. The van der Waals surface area contributed by atoms with Gasteiger partial charge in [-0.15, -0.1) is 0 Å². The molecule has 8 aromatic rings. The Labute approximate surface area is 265 Å². The number of para-hydroxylation sites is 1. The van der Waals surface area contributed by atoms with E-state index in [-0.39, 0.29) is 5.92 Å².